The molecular formula is C11H13NS. The van der Waals surface area contributed by atoms with Crippen molar-refractivity contribution in [3.63, 3.8) is 0 Å². The molecule has 0 aliphatic carbocycles. The number of allylic oxidation sites excluding steroid dienone is 5. The quantitative estimate of drug-likeness (QED) is 0.727. The maximum absolute atomic E-state index is 5.65. The van der Waals surface area contributed by atoms with Gasteiger partial charge in [-0.05, 0) is 24.1 Å². The second-order valence-corrected chi connectivity index (χ2v) is 3.54. The van der Waals surface area contributed by atoms with Crippen molar-refractivity contribution in [2.45, 2.75) is 6.92 Å². The van der Waals surface area contributed by atoms with E-state index in [9.17, 15) is 0 Å². The fraction of sp³-hybridized carbons (Fsp3) is 0.0909. The van der Waals surface area contributed by atoms with E-state index in [1.54, 1.807) is 17.4 Å². The fourth-order valence-electron chi connectivity index (χ4n) is 1.06. The van der Waals surface area contributed by atoms with Crippen LogP contribution < -0.4 is 5.73 Å². The molecule has 0 aliphatic rings. The van der Waals surface area contributed by atoms with E-state index in [0.717, 1.165) is 16.1 Å². The molecule has 0 aliphatic heterocycles. The van der Waals surface area contributed by atoms with E-state index in [-0.39, 0.29) is 0 Å². The minimum absolute atomic E-state index is 0.842. The zero-order chi connectivity index (χ0) is 9.68. The van der Waals surface area contributed by atoms with Crippen molar-refractivity contribution in [2.24, 2.45) is 0 Å². The number of nitrogen functional groups attached to an aromatic ring is 1. The molecule has 0 aromatic carbocycles. The van der Waals surface area contributed by atoms with Crippen LogP contribution in [-0.2, 0) is 0 Å². The molecule has 2 N–H and O–H groups in total. The fourth-order valence-corrected chi connectivity index (χ4v) is 1.72. The average molecular weight is 191 g/mol. The SMILES string of the molecule is C=C/C=C(\C=C/C)c1csc(N)c1. The minimum Gasteiger partial charge on any atom is -0.391 e. The number of nitrogens with two attached hydrogens (primary N) is 1. The summed E-state index contributed by atoms with van der Waals surface area (Å²) in [6.07, 6.45) is 7.80. The predicted molar refractivity (Wildman–Crippen MR) is 61.7 cm³/mol. The third-order valence-corrected chi connectivity index (χ3v) is 2.36. The number of thiophene rings is 1. The van der Waals surface area contributed by atoms with Crippen molar-refractivity contribution in [3.05, 3.63) is 47.9 Å². The van der Waals surface area contributed by atoms with E-state index in [1.807, 2.05) is 36.6 Å². The van der Waals surface area contributed by atoms with Crippen LogP contribution in [0.25, 0.3) is 5.57 Å². The summed E-state index contributed by atoms with van der Waals surface area (Å²) in [5, 5.41) is 2.89. The van der Waals surface area contributed by atoms with Gasteiger partial charge in [-0.25, -0.2) is 0 Å². The summed E-state index contributed by atoms with van der Waals surface area (Å²) in [4.78, 5) is 0. The first-order chi connectivity index (χ1) is 6.27. The van der Waals surface area contributed by atoms with E-state index in [1.165, 1.54) is 0 Å². The lowest BCUT2D eigenvalue weighted by atomic mass is 10.1. The van der Waals surface area contributed by atoms with Gasteiger partial charge in [-0.3, -0.25) is 0 Å². The summed E-state index contributed by atoms with van der Waals surface area (Å²) in [5.41, 5.74) is 7.95. The van der Waals surface area contributed by atoms with Crippen molar-refractivity contribution in [1.82, 2.24) is 0 Å². The Morgan fingerprint density at radius 2 is 2.38 bits per heavy atom. The van der Waals surface area contributed by atoms with Crippen LogP contribution in [0.2, 0.25) is 0 Å². The Kier molecular flexibility index (Phi) is 3.53. The molecule has 0 amide bonds. The maximum atomic E-state index is 5.65. The van der Waals surface area contributed by atoms with Crippen LogP contribution in [0.4, 0.5) is 5.00 Å². The molecular weight excluding hydrogens is 178 g/mol. The molecule has 0 spiro atoms. The van der Waals surface area contributed by atoms with Crippen molar-refractivity contribution in [1.29, 1.82) is 0 Å². The minimum atomic E-state index is 0.842. The smallest absolute Gasteiger partial charge is 0.0862 e. The molecule has 0 saturated carbocycles. The molecule has 1 nitrogen and oxygen atoms in total. The number of rotatable bonds is 3. The van der Waals surface area contributed by atoms with Crippen LogP contribution in [0, 0.1) is 0 Å². The van der Waals surface area contributed by atoms with Gasteiger partial charge in [0, 0.05) is 5.38 Å². The molecule has 0 radical (unpaired) electrons. The predicted octanol–water partition coefficient (Wildman–Crippen LogP) is 3.48. The summed E-state index contributed by atoms with van der Waals surface area (Å²) in [6.45, 7) is 5.67. The molecule has 0 unspecified atom stereocenters. The monoisotopic (exact) mass is 191 g/mol. The highest BCUT2D eigenvalue weighted by molar-refractivity contribution is 7.14. The van der Waals surface area contributed by atoms with Crippen LogP contribution in [0.15, 0.2) is 42.3 Å². The molecule has 1 rings (SSSR count). The number of hydrogen-bond donors (Lipinski definition) is 1. The van der Waals surface area contributed by atoms with Gasteiger partial charge in [0.2, 0.25) is 0 Å². The van der Waals surface area contributed by atoms with Gasteiger partial charge in [0.15, 0.2) is 0 Å². The van der Waals surface area contributed by atoms with Gasteiger partial charge >= 0.3 is 0 Å². The van der Waals surface area contributed by atoms with E-state index >= 15 is 0 Å². The molecule has 0 atom stereocenters. The summed E-state index contributed by atoms with van der Waals surface area (Å²) in [7, 11) is 0. The summed E-state index contributed by atoms with van der Waals surface area (Å²) >= 11 is 1.55. The lowest BCUT2D eigenvalue weighted by molar-refractivity contribution is 1.69. The standard InChI is InChI=1S/C11H13NS/c1-3-5-9(6-4-2)10-7-11(12)13-8-10/h3-8H,1,12H2,2H3/b6-4-,9-5+. The molecule has 1 heterocycles. The van der Waals surface area contributed by atoms with Crippen molar-refractivity contribution in [2.75, 3.05) is 5.73 Å². The first-order valence-corrected chi connectivity index (χ1v) is 4.95. The Hall–Kier alpha value is -1.28. The van der Waals surface area contributed by atoms with E-state index < -0.39 is 0 Å². The van der Waals surface area contributed by atoms with Gasteiger partial charge in [-0.1, -0.05) is 30.9 Å². The van der Waals surface area contributed by atoms with Gasteiger partial charge in [0.1, 0.15) is 0 Å². The molecule has 0 bridgehead atoms. The van der Waals surface area contributed by atoms with Gasteiger partial charge < -0.3 is 5.73 Å². The van der Waals surface area contributed by atoms with E-state index in [0.29, 0.717) is 0 Å². The number of hydrogen-bond acceptors (Lipinski definition) is 2. The highest BCUT2D eigenvalue weighted by Crippen LogP contribution is 2.24. The molecule has 68 valence electrons. The summed E-state index contributed by atoms with van der Waals surface area (Å²) in [6, 6.07) is 1.97. The molecule has 0 saturated heterocycles. The van der Waals surface area contributed by atoms with E-state index in [4.69, 9.17) is 5.73 Å². The lowest BCUT2D eigenvalue weighted by Gasteiger charge is -1.95. The average Bonchev–Trinajstić information content (AvgIpc) is 2.51. The van der Waals surface area contributed by atoms with Crippen LogP contribution in [0.1, 0.15) is 12.5 Å². The topological polar surface area (TPSA) is 26.0 Å². The largest absolute Gasteiger partial charge is 0.391 e. The second kappa shape index (κ2) is 4.67. The van der Waals surface area contributed by atoms with Gasteiger partial charge in [0.25, 0.3) is 0 Å². The van der Waals surface area contributed by atoms with Crippen molar-refractivity contribution < 1.29 is 0 Å². The van der Waals surface area contributed by atoms with Crippen LogP contribution in [-0.4, -0.2) is 0 Å². The first-order valence-electron chi connectivity index (χ1n) is 4.07. The second-order valence-electron chi connectivity index (χ2n) is 2.60. The zero-order valence-electron chi connectivity index (χ0n) is 7.66. The Labute approximate surface area is 82.9 Å². The highest BCUT2D eigenvalue weighted by atomic mass is 32.1. The lowest BCUT2D eigenvalue weighted by Crippen LogP contribution is -1.77. The first kappa shape index (κ1) is 9.81. The molecule has 1 aromatic rings. The van der Waals surface area contributed by atoms with Crippen LogP contribution in [0.3, 0.4) is 0 Å². The highest BCUT2D eigenvalue weighted by Gasteiger charge is 1.98. The normalized spacial score (nSPS) is 12.2. The third kappa shape index (κ3) is 2.60. The molecule has 0 fully saturated rings. The van der Waals surface area contributed by atoms with Gasteiger partial charge in [0.05, 0.1) is 5.00 Å². The molecule has 13 heavy (non-hydrogen) atoms. The number of anilines is 1. The summed E-state index contributed by atoms with van der Waals surface area (Å²) < 4.78 is 0. The van der Waals surface area contributed by atoms with Crippen molar-refractivity contribution >= 4 is 21.9 Å². The van der Waals surface area contributed by atoms with Crippen LogP contribution >= 0.6 is 11.3 Å². The van der Waals surface area contributed by atoms with Crippen LogP contribution in [0.5, 0.6) is 0 Å². The Bertz CT molecular complexity index is 345. The van der Waals surface area contributed by atoms with Gasteiger partial charge in [-0.15, -0.1) is 11.3 Å². The summed E-state index contributed by atoms with van der Waals surface area (Å²) in [5.74, 6) is 0. The van der Waals surface area contributed by atoms with Crippen molar-refractivity contribution in [3.8, 4) is 0 Å². The molecule has 2 heteroatoms. The molecule has 1 aromatic heterocycles. The Morgan fingerprint density at radius 1 is 1.62 bits per heavy atom. The Morgan fingerprint density at radius 3 is 2.85 bits per heavy atom. The van der Waals surface area contributed by atoms with E-state index in [2.05, 4.69) is 6.58 Å². The third-order valence-electron chi connectivity index (χ3n) is 1.60. The Balaban J connectivity index is 3.01. The zero-order valence-corrected chi connectivity index (χ0v) is 8.47. The maximum Gasteiger partial charge on any atom is 0.0862 e. The van der Waals surface area contributed by atoms with Gasteiger partial charge in [-0.2, -0.15) is 0 Å².